The van der Waals surface area contributed by atoms with Crippen LogP contribution >= 0.6 is 0 Å². The molecule has 1 aromatic rings. The van der Waals surface area contributed by atoms with Crippen LogP contribution in [0, 0.1) is 11.8 Å². The van der Waals surface area contributed by atoms with Gasteiger partial charge >= 0.3 is 0 Å². The molecule has 18 heavy (non-hydrogen) atoms. The number of aliphatic hydroxyl groups excluding tert-OH is 1. The second-order valence-corrected chi connectivity index (χ2v) is 5.59. The molecule has 4 heteroatoms. The van der Waals surface area contributed by atoms with Crippen LogP contribution in [0.3, 0.4) is 0 Å². The molecule has 1 saturated heterocycles. The van der Waals surface area contributed by atoms with Crippen LogP contribution in [0.25, 0.3) is 0 Å². The van der Waals surface area contributed by atoms with Crippen molar-refractivity contribution >= 4 is 5.82 Å². The molecule has 1 atom stereocenters. The highest BCUT2D eigenvalue weighted by Gasteiger charge is 2.23. The van der Waals surface area contributed by atoms with Crippen LogP contribution in [-0.2, 0) is 6.42 Å². The Morgan fingerprint density at radius 2 is 2.22 bits per heavy atom. The first-order valence-electron chi connectivity index (χ1n) is 6.87. The minimum atomic E-state index is 0.289. The summed E-state index contributed by atoms with van der Waals surface area (Å²) in [4.78, 5) is 2.27. The third-order valence-electron chi connectivity index (χ3n) is 3.47. The number of hydrogen-bond donors (Lipinski definition) is 1. The maximum atomic E-state index is 8.96. The smallest absolute Gasteiger partial charge is 0.151 e. The van der Waals surface area contributed by atoms with E-state index in [4.69, 9.17) is 5.11 Å². The number of nitrogens with zero attached hydrogens (tertiary/aromatic N) is 3. The first-order valence-corrected chi connectivity index (χ1v) is 6.87. The fraction of sp³-hybridized carbons (Fsp3) is 0.714. The van der Waals surface area contributed by atoms with E-state index in [0.29, 0.717) is 11.8 Å². The van der Waals surface area contributed by atoms with Crippen LogP contribution in [0.5, 0.6) is 0 Å². The fourth-order valence-corrected chi connectivity index (χ4v) is 2.51. The standard InChI is InChI=1S/C14H23N3O/c1-11(2)9-13-3-4-14(16-15-13)17-7-5-12(10-17)6-8-18/h3-4,11-12,18H,5-10H2,1-2H3. The van der Waals surface area contributed by atoms with Gasteiger partial charge < -0.3 is 10.0 Å². The van der Waals surface area contributed by atoms with E-state index in [2.05, 4.69) is 41.1 Å². The number of rotatable bonds is 5. The number of hydrogen-bond acceptors (Lipinski definition) is 4. The SMILES string of the molecule is CC(C)Cc1ccc(N2CCC(CCO)C2)nn1. The van der Waals surface area contributed by atoms with Crippen molar-refractivity contribution in [3.8, 4) is 0 Å². The van der Waals surface area contributed by atoms with Crippen molar-refractivity contribution in [2.75, 3.05) is 24.6 Å². The Morgan fingerprint density at radius 1 is 1.39 bits per heavy atom. The second kappa shape index (κ2) is 6.14. The van der Waals surface area contributed by atoms with Gasteiger partial charge in [0.2, 0.25) is 0 Å². The summed E-state index contributed by atoms with van der Waals surface area (Å²) in [5.41, 5.74) is 1.07. The molecule has 0 bridgehead atoms. The summed E-state index contributed by atoms with van der Waals surface area (Å²) in [6.07, 6.45) is 3.03. The normalized spacial score (nSPS) is 19.8. The Balaban J connectivity index is 1.94. The van der Waals surface area contributed by atoms with E-state index in [-0.39, 0.29) is 6.61 Å². The minimum Gasteiger partial charge on any atom is -0.396 e. The number of aliphatic hydroxyl groups is 1. The lowest BCUT2D eigenvalue weighted by Gasteiger charge is -2.17. The van der Waals surface area contributed by atoms with Crippen molar-refractivity contribution in [2.45, 2.75) is 33.1 Å². The lowest BCUT2D eigenvalue weighted by molar-refractivity contribution is 0.263. The summed E-state index contributed by atoms with van der Waals surface area (Å²) in [6, 6.07) is 4.16. The molecule has 2 rings (SSSR count). The van der Waals surface area contributed by atoms with Gasteiger partial charge in [-0.15, -0.1) is 5.10 Å². The molecule has 0 spiro atoms. The Labute approximate surface area is 109 Å². The molecule has 100 valence electrons. The maximum absolute atomic E-state index is 8.96. The van der Waals surface area contributed by atoms with Crippen molar-refractivity contribution in [1.29, 1.82) is 0 Å². The molecule has 0 aliphatic carbocycles. The van der Waals surface area contributed by atoms with Crippen molar-refractivity contribution in [3.05, 3.63) is 17.8 Å². The van der Waals surface area contributed by atoms with E-state index in [0.717, 1.165) is 43.9 Å². The average Bonchev–Trinajstić information content (AvgIpc) is 2.78. The first-order chi connectivity index (χ1) is 8.69. The molecule has 0 aromatic carbocycles. The fourth-order valence-electron chi connectivity index (χ4n) is 2.51. The molecule has 2 heterocycles. The van der Waals surface area contributed by atoms with E-state index in [1.54, 1.807) is 0 Å². The zero-order chi connectivity index (χ0) is 13.0. The largest absolute Gasteiger partial charge is 0.396 e. The Hall–Kier alpha value is -1.16. The average molecular weight is 249 g/mol. The lowest BCUT2D eigenvalue weighted by atomic mass is 10.1. The van der Waals surface area contributed by atoms with Gasteiger partial charge in [-0.1, -0.05) is 13.8 Å². The van der Waals surface area contributed by atoms with Crippen LogP contribution in [-0.4, -0.2) is 35.0 Å². The van der Waals surface area contributed by atoms with Gasteiger partial charge in [0.15, 0.2) is 5.82 Å². The van der Waals surface area contributed by atoms with Gasteiger partial charge in [0, 0.05) is 19.7 Å². The van der Waals surface area contributed by atoms with E-state index in [1.165, 1.54) is 0 Å². The molecule has 1 aromatic heterocycles. The number of anilines is 1. The third kappa shape index (κ3) is 3.42. The van der Waals surface area contributed by atoms with E-state index in [9.17, 15) is 0 Å². The van der Waals surface area contributed by atoms with Gasteiger partial charge in [-0.25, -0.2) is 0 Å². The van der Waals surface area contributed by atoms with Crippen molar-refractivity contribution < 1.29 is 5.11 Å². The van der Waals surface area contributed by atoms with Crippen LogP contribution in [0.1, 0.15) is 32.4 Å². The zero-order valence-electron chi connectivity index (χ0n) is 11.3. The summed E-state index contributed by atoms with van der Waals surface area (Å²) >= 11 is 0. The molecule has 1 aliphatic heterocycles. The Bertz CT molecular complexity index is 364. The van der Waals surface area contributed by atoms with Crippen molar-refractivity contribution in [2.24, 2.45) is 11.8 Å². The van der Waals surface area contributed by atoms with Gasteiger partial charge in [-0.05, 0) is 43.2 Å². The monoisotopic (exact) mass is 249 g/mol. The summed E-state index contributed by atoms with van der Waals surface area (Å²) in [5, 5.41) is 17.6. The van der Waals surface area contributed by atoms with Crippen LogP contribution in [0.4, 0.5) is 5.82 Å². The van der Waals surface area contributed by atoms with Gasteiger partial charge in [-0.2, -0.15) is 5.10 Å². The van der Waals surface area contributed by atoms with E-state index in [1.807, 2.05) is 0 Å². The van der Waals surface area contributed by atoms with E-state index < -0.39 is 0 Å². The molecule has 1 N–H and O–H groups in total. The summed E-state index contributed by atoms with van der Waals surface area (Å²) in [5.74, 6) is 2.20. The quantitative estimate of drug-likeness (QED) is 0.865. The molecular formula is C14H23N3O. The summed E-state index contributed by atoms with van der Waals surface area (Å²) in [6.45, 7) is 6.70. The Morgan fingerprint density at radius 3 is 2.83 bits per heavy atom. The molecule has 1 fully saturated rings. The highest BCUT2D eigenvalue weighted by Crippen LogP contribution is 2.23. The lowest BCUT2D eigenvalue weighted by Crippen LogP contribution is -2.21. The zero-order valence-corrected chi connectivity index (χ0v) is 11.3. The van der Waals surface area contributed by atoms with Crippen molar-refractivity contribution in [1.82, 2.24) is 10.2 Å². The predicted molar refractivity (Wildman–Crippen MR) is 72.6 cm³/mol. The van der Waals surface area contributed by atoms with Crippen LogP contribution in [0.2, 0.25) is 0 Å². The molecule has 1 unspecified atom stereocenters. The molecular weight excluding hydrogens is 226 g/mol. The summed E-state index contributed by atoms with van der Waals surface area (Å²) < 4.78 is 0. The van der Waals surface area contributed by atoms with Crippen LogP contribution in [0.15, 0.2) is 12.1 Å². The third-order valence-corrected chi connectivity index (χ3v) is 3.47. The van der Waals surface area contributed by atoms with Crippen molar-refractivity contribution in [3.63, 3.8) is 0 Å². The molecule has 1 aliphatic rings. The minimum absolute atomic E-state index is 0.289. The predicted octanol–water partition coefficient (Wildman–Crippen LogP) is 1.88. The molecule has 4 nitrogen and oxygen atoms in total. The van der Waals surface area contributed by atoms with Gasteiger partial charge in [0.1, 0.15) is 0 Å². The molecule has 0 radical (unpaired) electrons. The Kier molecular flexibility index (Phi) is 4.53. The highest BCUT2D eigenvalue weighted by atomic mass is 16.3. The topological polar surface area (TPSA) is 49.2 Å². The highest BCUT2D eigenvalue weighted by molar-refractivity contribution is 5.38. The number of aromatic nitrogens is 2. The first kappa shape index (κ1) is 13.3. The molecule has 0 amide bonds. The summed E-state index contributed by atoms with van der Waals surface area (Å²) in [7, 11) is 0. The van der Waals surface area contributed by atoms with Gasteiger partial charge in [0.25, 0.3) is 0 Å². The van der Waals surface area contributed by atoms with E-state index >= 15 is 0 Å². The second-order valence-electron chi connectivity index (χ2n) is 5.59. The van der Waals surface area contributed by atoms with Gasteiger partial charge in [-0.3, -0.25) is 0 Å². The van der Waals surface area contributed by atoms with Crippen LogP contribution < -0.4 is 4.90 Å². The van der Waals surface area contributed by atoms with Gasteiger partial charge in [0.05, 0.1) is 5.69 Å². The maximum Gasteiger partial charge on any atom is 0.151 e. The molecule has 0 saturated carbocycles.